The summed E-state index contributed by atoms with van der Waals surface area (Å²) in [6.07, 6.45) is 6.99. The molecule has 2 aliphatic rings. The van der Waals surface area contributed by atoms with Gasteiger partial charge in [0, 0.05) is 47.5 Å². The summed E-state index contributed by atoms with van der Waals surface area (Å²) in [5.74, 6) is 0.990. The predicted octanol–water partition coefficient (Wildman–Crippen LogP) is 3.87. The Bertz CT molecular complexity index is 1120. The zero-order valence-electron chi connectivity index (χ0n) is 15.9. The molecule has 0 radical (unpaired) electrons. The van der Waals surface area contributed by atoms with Crippen molar-refractivity contribution in [3.05, 3.63) is 41.5 Å². The van der Waals surface area contributed by atoms with E-state index in [4.69, 9.17) is 14.7 Å². The highest BCUT2D eigenvalue weighted by molar-refractivity contribution is 9.15. The van der Waals surface area contributed by atoms with E-state index in [2.05, 4.69) is 42.7 Å². The van der Waals surface area contributed by atoms with Crippen molar-refractivity contribution < 1.29 is 4.74 Å². The maximum absolute atomic E-state index is 5.54. The Hall–Kier alpha value is -2.10. The van der Waals surface area contributed by atoms with Crippen LogP contribution in [0.1, 0.15) is 24.6 Å². The van der Waals surface area contributed by atoms with Gasteiger partial charge in [-0.25, -0.2) is 19.9 Å². The third-order valence-corrected chi connectivity index (χ3v) is 6.88. The standard InChI is InChI=1S/C20H19BrN6OS/c1-2-12-9-14-16(17(12)21)19(27-5-7-28-8-6-27)26-20(25-14)29-13-10-15-18(24-11-13)23-4-3-22-15/h3-4,10-11H,2,5-9H2,1H3. The van der Waals surface area contributed by atoms with Crippen molar-refractivity contribution in [2.24, 2.45) is 0 Å². The summed E-state index contributed by atoms with van der Waals surface area (Å²) in [7, 11) is 0. The topological polar surface area (TPSA) is 76.9 Å². The number of anilines is 1. The number of halogens is 1. The Morgan fingerprint density at radius 1 is 1.14 bits per heavy atom. The fourth-order valence-corrected chi connectivity index (χ4v) is 5.21. The first-order valence-electron chi connectivity index (χ1n) is 9.59. The van der Waals surface area contributed by atoms with Gasteiger partial charge in [-0.15, -0.1) is 0 Å². The van der Waals surface area contributed by atoms with Crippen molar-refractivity contribution in [1.29, 1.82) is 0 Å². The number of fused-ring (bicyclic) bond motifs is 2. The van der Waals surface area contributed by atoms with Crippen LogP contribution in [-0.4, -0.2) is 51.2 Å². The van der Waals surface area contributed by atoms with Crippen LogP contribution in [0.15, 0.2) is 40.3 Å². The molecule has 0 amide bonds. The molecule has 1 aliphatic carbocycles. The molecule has 7 nitrogen and oxygen atoms in total. The largest absolute Gasteiger partial charge is 0.378 e. The van der Waals surface area contributed by atoms with Gasteiger partial charge in [0.25, 0.3) is 0 Å². The molecule has 1 aliphatic heterocycles. The van der Waals surface area contributed by atoms with Gasteiger partial charge in [-0.2, -0.15) is 0 Å². The van der Waals surface area contributed by atoms with Crippen LogP contribution in [0.2, 0.25) is 0 Å². The molecule has 0 bridgehead atoms. The number of allylic oxidation sites excluding steroid dienone is 1. The predicted molar refractivity (Wildman–Crippen MR) is 116 cm³/mol. The smallest absolute Gasteiger partial charge is 0.194 e. The molecule has 0 aromatic carbocycles. The van der Waals surface area contributed by atoms with Crippen molar-refractivity contribution in [3.63, 3.8) is 0 Å². The van der Waals surface area contributed by atoms with Crippen molar-refractivity contribution in [2.45, 2.75) is 29.8 Å². The molecule has 148 valence electrons. The molecule has 0 spiro atoms. The Morgan fingerprint density at radius 2 is 1.97 bits per heavy atom. The first kappa shape index (κ1) is 18.9. The minimum absolute atomic E-state index is 0.640. The van der Waals surface area contributed by atoms with E-state index in [0.29, 0.717) is 5.65 Å². The second-order valence-corrected chi connectivity index (χ2v) is 8.70. The number of hydrogen-bond acceptors (Lipinski definition) is 8. The summed E-state index contributed by atoms with van der Waals surface area (Å²) in [5, 5.41) is 0.730. The highest BCUT2D eigenvalue weighted by atomic mass is 79.9. The molecule has 0 unspecified atom stereocenters. The van der Waals surface area contributed by atoms with E-state index in [1.807, 2.05) is 6.07 Å². The molecule has 3 aromatic rings. The number of pyridine rings is 1. The van der Waals surface area contributed by atoms with E-state index < -0.39 is 0 Å². The zero-order chi connectivity index (χ0) is 19.8. The number of hydrogen-bond donors (Lipinski definition) is 0. The van der Waals surface area contributed by atoms with E-state index >= 15 is 0 Å². The molecule has 5 rings (SSSR count). The minimum Gasteiger partial charge on any atom is -0.378 e. The number of morpholine rings is 1. The van der Waals surface area contributed by atoms with Crippen LogP contribution >= 0.6 is 27.7 Å². The monoisotopic (exact) mass is 470 g/mol. The molecule has 1 saturated heterocycles. The normalized spacial score (nSPS) is 16.6. The zero-order valence-corrected chi connectivity index (χ0v) is 18.3. The molecule has 1 fully saturated rings. The molecular formula is C20H19BrN6OS. The van der Waals surface area contributed by atoms with Crippen LogP contribution in [0.25, 0.3) is 15.6 Å². The van der Waals surface area contributed by atoms with E-state index in [-0.39, 0.29) is 0 Å². The van der Waals surface area contributed by atoms with Gasteiger partial charge < -0.3 is 9.64 Å². The maximum atomic E-state index is 5.54. The Morgan fingerprint density at radius 3 is 2.79 bits per heavy atom. The van der Waals surface area contributed by atoms with Crippen molar-refractivity contribution >= 4 is 49.2 Å². The lowest BCUT2D eigenvalue weighted by Crippen LogP contribution is -2.37. The second-order valence-electron chi connectivity index (χ2n) is 6.87. The van der Waals surface area contributed by atoms with Gasteiger partial charge in [-0.3, -0.25) is 4.98 Å². The number of ether oxygens (including phenoxy) is 1. The summed E-state index contributed by atoms with van der Waals surface area (Å²) < 4.78 is 6.69. The third-order valence-electron chi connectivity index (χ3n) is 5.10. The van der Waals surface area contributed by atoms with Gasteiger partial charge in [0.15, 0.2) is 10.8 Å². The molecule has 3 aromatic heterocycles. The van der Waals surface area contributed by atoms with Crippen molar-refractivity contribution in [1.82, 2.24) is 24.9 Å². The van der Waals surface area contributed by atoms with Crippen molar-refractivity contribution in [2.75, 3.05) is 31.2 Å². The second kappa shape index (κ2) is 7.97. The highest BCUT2D eigenvalue weighted by Crippen LogP contribution is 2.43. The SMILES string of the molecule is CCC1=C(Br)c2c(nc(Sc3cnc4nccnc4c3)nc2N2CCOCC2)C1. The number of nitrogens with zero attached hydrogens (tertiary/aromatic N) is 6. The third kappa shape index (κ3) is 3.62. The van der Waals surface area contributed by atoms with Crippen LogP contribution in [0.4, 0.5) is 5.82 Å². The molecule has 4 heterocycles. The molecule has 9 heteroatoms. The minimum atomic E-state index is 0.640. The fraction of sp³-hybridized carbons (Fsp3) is 0.350. The molecule has 0 saturated carbocycles. The number of aromatic nitrogens is 5. The Kier molecular flexibility index (Phi) is 5.19. The fourth-order valence-electron chi connectivity index (χ4n) is 3.61. The van der Waals surface area contributed by atoms with Gasteiger partial charge in [0.2, 0.25) is 0 Å². The lowest BCUT2D eigenvalue weighted by Gasteiger charge is -2.29. The summed E-state index contributed by atoms with van der Waals surface area (Å²) in [6, 6.07) is 1.98. The van der Waals surface area contributed by atoms with Crippen molar-refractivity contribution in [3.8, 4) is 0 Å². The van der Waals surface area contributed by atoms with E-state index in [1.165, 1.54) is 17.3 Å². The highest BCUT2D eigenvalue weighted by Gasteiger charge is 2.29. The Labute approximate surface area is 181 Å². The van der Waals surface area contributed by atoms with E-state index in [1.54, 1.807) is 18.6 Å². The lowest BCUT2D eigenvalue weighted by atomic mass is 10.2. The molecular weight excluding hydrogens is 452 g/mol. The molecule has 29 heavy (non-hydrogen) atoms. The van der Waals surface area contributed by atoms with Crippen LogP contribution in [0, 0.1) is 0 Å². The van der Waals surface area contributed by atoms with Gasteiger partial charge >= 0.3 is 0 Å². The Balaban J connectivity index is 1.54. The average Bonchev–Trinajstić information content (AvgIpc) is 3.09. The van der Waals surface area contributed by atoms with Crippen LogP contribution < -0.4 is 4.90 Å². The first-order chi connectivity index (χ1) is 14.2. The summed E-state index contributed by atoms with van der Waals surface area (Å²) in [6.45, 7) is 5.29. The average molecular weight is 471 g/mol. The quantitative estimate of drug-likeness (QED) is 0.531. The van der Waals surface area contributed by atoms with Crippen LogP contribution in [0.3, 0.4) is 0 Å². The van der Waals surface area contributed by atoms with Crippen LogP contribution in [-0.2, 0) is 11.2 Å². The summed E-state index contributed by atoms with van der Waals surface area (Å²) in [5.41, 5.74) is 5.00. The maximum Gasteiger partial charge on any atom is 0.194 e. The lowest BCUT2D eigenvalue weighted by molar-refractivity contribution is 0.122. The summed E-state index contributed by atoms with van der Waals surface area (Å²) >= 11 is 5.32. The molecule has 0 atom stereocenters. The number of rotatable bonds is 4. The van der Waals surface area contributed by atoms with E-state index in [0.717, 1.165) is 76.3 Å². The first-order valence-corrected chi connectivity index (χ1v) is 11.2. The van der Waals surface area contributed by atoms with Gasteiger partial charge in [-0.1, -0.05) is 22.9 Å². The van der Waals surface area contributed by atoms with Crippen LogP contribution in [0.5, 0.6) is 0 Å². The van der Waals surface area contributed by atoms with Gasteiger partial charge in [-0.05, 0) is 29.8 Å². The van der Waals surface area contributed by atoms with E-state index in [9.17, 15) is 0 Å². The van der Waals surface area contributed by atoms with Gasteiger partial charge in [0.05, 0.1) is 24.5 Å². The van der Waals surface area contributed by atoms with Gasteiger partial charge in [0.1, 0.15) is 11.3 Å². The molecule has 0 N–H and O–H groups in total. The summed E-state index contributed by atoms with van der Waals surface area (Å²) in [4.78, 5) is 26.1.